The monoisotopic (exact) mass is 328 g/mol. The Bertz CT molecular complexity index is 554. The average Bonchev–Trinajstić information content (AvgIpc) is 2.71. The first-order chi connectivity index (χ1) is 8.81. The SMILES string of the molecule is CCC1(C)C(=O)NC(=O)N1Cc1c(Br)c(C)nn1C. The smallest absolute Gasteiger partial charge is 0.304 e. The van der Waals surface area contributed by atoms with Crippen LogP contribution in [0.1, 0.15) is 31.7 Å². The molecule has 1 saturated heterocycles. The van der Waals surface area contributed by atoms with E-state index in [2.05, 4.69) is 26.3 Å². The summed E-state index contributed by atoms with van der Waals surface area (Å²) in [6.45, 7) is 5.92. The lowest BCUT2D eigenvalue weighted by Crippen LogP contribution is -2.46. The summed E-state index contributed by atoms with van der Waals surface area (Å²) < 4.78 is 2.60. The van der Waals surface area contributed by atoms with E-state index < -0.39 is 5.54 Å². The third-order valence-electron chi connectivity index (χ3n) is 3.81. The van der Waals surface area contributed by atoms with Crippen LogP contribution in [0.5, 0.6) is 0 Å². The van der Waals surface area contributed by atoms with Gasteiger partial charge in [-0.25, -0.2) is 4.79 Å². The fourth-order valence-corrected chi connectivity index (χ4v) is 2.71. The molecule has 2 heterocycles. The number of amides is 3. The Morgan fingerprint density at radius 2 is 2.05 bits per heavy atom. The van der Waals surface area contributed by atoms with E-state index in [0.29, 0.717) is 13.0 Å². The lowest BCUT2D eigenvalue weighted by Gasteiger charge is -2.30. The standard InChI is InChI=1S/C12H17BrN4O2/c1-5-12(3)10(18)14-11(19)17(12)6-8-9(13)7(2)15-16(8)4/h5-6H2,1-4H3,(H,14,18,19). The van der Waals surface area contributed by atoms with Gasteiger partial charge in [0.2, 0.25) is 0 Å². The van der Waals surface area contributed by atoms with Crippen LogP contribution in [0.2, 0.25) is 0 Å². The minimum Gasteiger partial charge on any atom is -0.304 e. The van der Waals surface area contributed by atoms with Crippen molar-refractivity contribution < 1.29 is 9.59 Å². The number of nitrogens with one attached hydrogen (secondary N) is 1. The second kappa shape index (κ2) is 4.63. The Labute approximate surface area is 120 Å². The molecule has 0 aliphatic carbocycles. The van der Waals surface area contributed by atoms with E-state index in [9.17, 15) is 9.59 Å². The third-order valence-corrected chi connectivity index (χ3v) is 4.84. The molecule has 1 unspecified atom stereocenters. The van der Waals surface area contributed by atoms with Gasteiger partial charge in [-0.05, 0) is 36.2 Å². The van der Waals surface area contributed by atoms with Crippen molar-refractivity contribution in [3.8, 4) is 0 Å². The summed E-state index contributed by atoms with van der Waals surface area (Å²) >= 11 is 3.48. The molecule has 0 saturated carbocycles. The predicted octanol–water partition coefficient (Wildman–Crippen LogP) is 1.71. The highest BCUT2D eigenvalue weighted by atomic mass is 79.9. The highest BCUT2D eigenvalue weighted by Gasteiger charge is 2.48. The second-order valence-corrected chi connectivity index (χ2v) is 5.74. The number of aromatic nitrogens is 2. The molecule has 1 aliphatic heterocycles. The average molecular weight is 329 g/mol. The molecule has 104 valence electrons. The molecule has 1 aromatic rings. The first-order valence-corrected chi connectivity index (χ1v) is 6.91. The van der Waals surface area contributed by atoms with Crippen LogP contribution in [0.15, 0.2) is 4.47 Å². The number of hydrogen-bond acceptors (Lipinski definition) is 3. The van der Waals surface area contributed by atoms with E-state index in [1.165, 1.54) is 0 Å². The number of rotatable bonds is 3. The molecular formula is C12H17BrN4O2. The van der Waals surface area contributed by atoms with E-state index in [1.807, 2.05) is 20.9 Å². The van der Waals surface area contributed by atoms with Crippen molar-refractivity contribution in [2.75, 3.05) is 0 Å². The summed E-state index contributed by atoms with van der Waals surface area (Å²) in [7, 11) is 1.83. The van der Waals surface area contributed by atoms with Gasteiger partial charge in [0, 0.05) is 7.05 Å². The maximum absolute atomic E-state index is 11.9. The van der Waals surface area contributed by atoms with Crippen molar-refractivity contribution in [3.63, 3.8) is 0 Å². The fourth-order valence-electron chi connectivity index (χ4n) is 2.25. The Hall–Kier alpha value is -1.37. The van der Waals surface area contributed by atoms with Gasteiger partial charge < -0.3 is 4.90 Å². The minimum atomic E-state index is -0.797. The van der Waals surface area contributed by atoms with Gasteiger partial charge in [0.15, 0.2) is 0 Å². The summed E-state index contributed by atoms with van der Waals surface area (Å²) in [6.07, 6.45) is 0.568. The number of halogens is 1. The largest absolute Gasteiger partial charge is 0.325 e. The van der Waals surface area contributed by atoms with Gasteiger partial charge in [-0.2, -0.15) is 5.10 Å². The molecule has 0 spiro atoms. The summed E-state index contributed by atoms with van der Waals surface area (Å²) in [5, 5.41) is 6.67. The Morgan fingerprint density at radius 1 is 1.42 bits per heavy atom. The molecule has 1 atom stereocenters. The van der Waals surface area contributed by atoms with Crippen LogP contribution < -0.4 is 5.32 Å². The van der Waals surface area contributed by atoms with Crippen LogP contribution >= 0.6 is 15.9 Å². The van der Waals surface area contributed by atoms with E-state index in [-0.39, 0.29) is 11.9 Å². The molecule has 0 bridgehead atoms. The first-order valence-electron chi connectivity index (χ1n) is 6.12. The molecule has 1 fully saturated rings. The Balaban J connectivity index is 2.36. The summed E-state index contributed by atoms with van der Waals surface area (Å²) in [6, 6.07) is -0.347. The molecular weight excluding hydrogens is 312 g/mol. The molecule has 19 heavy (non-hydrogen) atoms. The van der Waals surface area contributed by atoms with Crippen molar-refractivity contribution in [2.45, 2.75) is 39.3 Å². The third kappa shape index (κ3) is 2.05. The summed E-state index contributed by atoms with van der Waals surface area (Å²) in [5.74, 6) is -0.241. The van der Waals surface area contributed by atoms with Crippen molar-refractivity contribution >= 4 is 27.9 Å². The van der Waals surface area contributed by atoms with Crippen LogP contribution in [0, 0.1) is 6.92 Å². The van der Waals surface area contributed by atoms with Crippen LogP contribution in [-0.2, 0) is 18.4 Å². The molecule has 1 aromatic heterocycles. The number of aryl methyl sites for hydroxylation is 2. The number of imide groups is 1. The molecule has 6 nitrogen and oxygen atoms in total. The lowest BCUT2D eigenvalue weighted by atomic mass is 9.97. The normalized spacial score (nSPS) is 23.1. The van der Waals surface area contributed by atoms with Crippen molar-refractivity contribution in [1.82, 2.24) is 20.0 Å². The molecule has 3 amide bonds. The second-order valence-electron chi connectivity index (χ2n) is 4.94. The van der Waals surface area contributed by atoms with Crippen molar-refractivity contribution in [3.05, 3.63) is 15.9 Å². The number of carbonyl (C=O) groups is 2. The van der Waals surface area contributed by atoms with Crippen molar-refractivity contribution in [1.29, 1.82) is 0 Å². The molecule has 0 radical (unpaired) electrons. The van der Waals surface area contributed by atoms with Gasteiger partial charge in [0.25, 0.3) is 5.91 Å². The van der Waals surface area contributed by atoms with Crippen LogP contribution in [-0.4, -0.2) is 32.2 Å². The Morgan fingerprint density at radius 3 is 2.53 bits per heavy atom. The van der Waals surface area contributed by atoms with Gasteiger partial charge in [0.1, 0.15) is 5.54 Å². The van der Waals surface area contributed by atoms with E-state index in [0.717, 1.165) is 15.9 Å². The zero-order chi connectivity index (χ0) is 14.4. The maximum Gasteiger partial charge on any atom is 0.325 e. The fraction of sp³-hybridized carbons (Fsp3) is 0.583. The summed E-state index contributed by atoms with van der Waals surface area (Å²) in [5.41, 5.74) is 0.943. The molecule has 2 rings (SSSR count). The van der Waals surface area contributed by atoms with Gasteiger partial charge >= 0.3 is 6.03 Å². The zero-order valence-corrected chi connectivity index (χ0v) is 13.0. The Kier molecular flexibility index (Phi) is 3.42. The maximum atomic E-state index is 11.9. The first kappa shape index (κ1) is 14.0. The highest BCUT2D eigenvalue weighted by molar-refractivity contribution is 9.10. The molecule has 1 aliphatic rings. The van der Waals surface area contributed by atoms with E-state index in [1.54, 1.807) is 16.5 Å². The van der Waals surface area contributed by atoms with E-state index in [4.69, 9.17) is 0 Å². The number of urea groups is 1. The van der Waals surface area contributed by atoms with Gasteiger partial charge in [-0.1, -0.05) is 6.92 Å². The minimum absolute atomic E-state index is 0.241. The zero-order valence-electron chi connectivity index (χ0n) is 11.5. The summed E-state index contributed by atoms with van der Waals surface area (Å²) in [4.78, 5) is 25.4. The van der Waals surface area contributed by atoms with Gasteiger partial charge in [0.05, 0.1) is 22.4 Å². The quantitative estimate of drug-likeness (QED) is 0.859. The molecule has 1 N–H and O–H groups in total. The molecule has 0 aromatic carbocycles. The van der Waals surface area contributed by atoms with Gasteiger partial charge in [-0.15, -0.1) is 0 Å². The lowest BCUT2D eigenvalue weighted by molar-refractivity contribution is -0.126. The van der Waals surface area contributed by atoms with Crippen LogP contribution in [0.25, 0.3) is 0 Å². The van der Waals surface area contributed by atoms with E-state index >= 15 is 0 Å². The number of carbonyl (C=O) groups excluding carboxylic acids is 2. The number of nitrogens with zero attached hydrogens (tertiary/aromatic N) is 3. The topological polar surface area (TPSA) is 67.2 Å². The molecule has 7 heteroatoms. The predicted molar refractivity (Wildman–Crippen MR) is 73.4 cm³/mol. The van der Waals surface area contributed by atoms with Gasteiger partial charge in [-0.3, -0.25) is 14.8 Å². The highest BCUT2D eigenvalue weighted by Crippen LogP contribution is 2.30. The van der Waals surface area contributed by atoms with Crippen LogP contribution in [0.4, 0.5) is 4.79 Å². The van der Waals surface area contributed by atoms with Crippen LogP contribution in [0.3, 0.4) is 0 Å². The number of hydrogen-bond donors (Lipinski definition) is 1. The van der Waals surface area contributed by atoms with Crippen molar-refractivity contribution in [2.24, 2.45) is 7.05 Å².